The molecule has 1 amide bonds. The van der Waals surface area contributed by atoms with Crippen molar-refractivity contribution >= 4 is 18.0 Å². The number of esters is 1. The first-order chi connectivity index (χ1) is 8.86. The van der Waals surface area contributed by atoms with Crippen LogP contribution in [0.3, 0.4) is 0 Å². The number of aryl methyl sites for hydroxylation is 2. The number of nitrogens with one attached hydrogen (secondary N) is 1. The van der Waals surface area contributed by atoms with Crippen LogP contribution in [0.25, 0.3) is 6.08 Å². The zero-order valence-electron chi connectivity index (χ0n) is 11.9. The van der Waals surface area contributed by atoms with E-state index < -0.39 is 12.0 Å². The van der Waals surface area contributed by atoms with Crippen LogP contribution in [-0.2, 0) is 21.4 Å². The zero-order chi connectivity index (χ0) is 14.6. The third-order valence-corrected chi connectivity index (χ3v) is 2.88. The van der Waals surface area contributed by atoms with Gasteiger partial charge in [-0.15, -0.1) is 0 Å². The minimum absolute atomic E-state index is 0.347. The number of carbonyl (C=O) groups excluding carboxylic acids is 2. The van der Waals surface area contributed by atoms with Gasteiger partial charge in [-0.25, -0.2) is 4.79 Å². The molecule has 6 nitrogen and oxygen atoms in total. The molecule has 0 aliphatic heterocycles. The number of nitrogens with zero attached hydrogens (tertiary/aromatic N) is 2. The van der Waals surface area contributed by atoms with E-state index in [9.17, 15) is 9.59 Å². The molecule has 6 heteroatoms. The lowest BCUT2D eigenvalue weighted by Crippen LogP contribution is -2.38. The number of hydrogen-bond donors (Lipinski definition) is 1. The molecule has 1 atom stereocenters. The fourth-order valence-corrected chi connectivity index (χ4v) is 1.69. The highest BCUT2D eigenvalue weighted by Crippen LogP contribution is 2.13. The third kappa shape index (κ3) is 3.67. The maximum Gasteiger partial charge on any atom is 0.328 e. The van der Waals surface area contributed by atoms with E-state index in [2.05, 4.69) is 15.2 Å². The highest BCUT2D eigenvalue weighted by atomic mass is 16.5. The number of rotatable bonds is 4. The molecule has 0 saturated carbocycles. The summed E-state index contributed by atoms with van der Waals surface area (Å²) in [4.78, 5) is 22.8. The van der Waals surface area contributed by atoms with Gasteiger partial charge in [0.05, 0.1) is 12.8 Å². The molecule has 0 aliphatic carbocycles. The van der Waals surface area contributed by atoms with E-state index in [1.165, 1.54) is 13.2 Å². The lowest BCUT2D eigenvalue weighted by atomic mass is 10.2. The molecule has 0 saturated heterocycles. The Bertz CT molecular complexity index is 517. The van der Waals surface area contributed by atoms with Crippen LogP contribution in [0.5, 0.6) is 0 Å². The van der Waals surface area contributed by atoms with Gasteiger partial charge in [-0.3, -0.25) is 9.48 Å². The number of aromatic nitrogens is 2. The van der Waals surface area contributed by atoms with Crippen LogP contribution in [0, 0.1) is 13.8 Å². The number of methoxy groups -OCH3 is 1. The van der Waals surface area contributed by atoms with E-state index in [1.807, 2.05) is 20.9 Å². The number of amides is 1. The molecule has 1 aromatic rings. The van der Waals surface area contributed by atoms with Gasteiger partial charge in [0.15, 0.2) is 0 Å². The van der Waals surface area contributed by atoms with Crippen LogP contribution < -0.4 is 5.32 Å². The topological polar surface area (TPSA) is 73.2 Å². The van der Waals surface area contributed by atoms with Crippen molar-refractivity contribution < 1.29 is 14.3 Å². The minimum Gasteiger partial charge on any atom is -0.467 e. The van der Waals surface area contributed by atoms with Gasteiger partial charge in [-0.05, 0) is 26.8 Å². The van der Waals surface area contributed by atoms with Crippen molar-refractivity contribution in [2.75, 3.05) is 7.11 Å². The third-order valence-electron chi connectivity index (χ3n) is 2.88. The summed E-state index contributed by atoms with van der Waals surface area (Å²) in [5.41, 5.74) is 2.73. The average Bonchev–Trinajstić information content (AvgIpc) is 2.60. The van der Waals surface area contributed by atoms with Gasteiger partial charge < -0.3 is 10.1 Å². The molecule has 1 aromatic heterocycles. The van der Waals surface area contributed by atoms with Crippen LogP contribution in [0.4, 0.5) is 0 Å². The molecular weight excluding hydrogens is 246 g/mol. The summed E-state index contributed by atoms with van der Waals surface area (Å²) in [6.07, 6.45) is 3.08. The second-order valence-electron chi connectivity index (χ2n) is 4.29. The van der Waals surface area contributed by atoms with E-state index in [4.69, 9.17) is 0 Å². The van der Waals surface area contributed by atoms with Crippen LogP contribution in [0.2, 0.25) is 0 Å². The number of carbonyl (C=O) groups is 2. The molecule has 104 valence electrons. The highest BCUT2D eigenvalue weighted by molar-refractivity contribution is 5.94. The molecule has 0 aromatic carbocycles. The first-order valence-electron chi connectivity index (χ1n) is 5.93. The molecule has 1 N–H and O–H groups in total. The first-order valence-corrected chi connectivity index (χ1v) is 5.93. The summed E-state index contributed by atoms with van der Waals surface area (Å²) < 4.78 is 6.28. The Labute approximate surface area is 112 Å². The molecule has 0 radical (unpaired) electrons. The number of hydrogen-bond acceptors (Lipinski definition) is 4. The Morgan fingerprint density at radius 2 is 2.05 bits per heavy atom. The van der Waals surface area contributed by atoms with Gasteiger partial charge in [-0.2, -0.15) is 5.10 Å². The van der Waals surface area contributed by atoms with Crippen molar-refractivity contribution in [1.82, 2.24) is 15.1 Å². The Hall–Kier alpha value is -2.11. The van der Waals surface area contributed by atoms with Crippen LogP contribution in [0.15, 0.2) is 6.08 Å². The summed E-state index contributed by atoms with van der Waals surface area (Å²) in [6, 6.07) is -0.668. The van der Waals surface area contributed by atoms with Crippen molar-refractivity contribution in [1.29, 1.82) is 0 Å². The highest BCUT2D eigenvalue weighted by Gasteiger charge is 2.14. The van der Waals surface area contributed by atoms with E-state index in [1.54, 1.807) is 17.7 Å². The Morgan fingerprint density at radius 1 is 1.42 bits per heavy atom. The monoisotopic (exact) mass is 265 g/mol. The van der Waals surface area contributed by atoms with Gasteiger partial charge in [0.25, 0.3) is 0 Å². The first kappa shape index (κ1) is 14.9. The molecule has 0 bridgehead atoms. The lowest BCUT2D eigenvalue weighted by Gasteiger charge is -2.09. The molecule has 1 rings (SSSR count). The molecule has 0 fully saturated rings. The quantitative estimate of drug-likeness (QED) is 0.643. The summed E-state index contributed by atoms with van der Waals surface area (Å²) in [5.74, 6) is -0.823. The second kappa shape index (κ2) is 6.17. The fraction of sp³-hybridized carbons (Fsp3) is 0.462. The van der Waals surface area contributed by atoms with Crippen molar-refractivity contribution in [3.63, 3.8) is 0 Å². The Kier molecular flexibility index (Phi) is 4.86. The van der Waals surface area contributed by atoms with Crippen molar-refractivity contribution in [2.45, 2.75) is 26.8 Å². The Morgan fingerprint density at radius 3 is 2.53 bits per heavy atom. The maximum absolute atomic E-state index is 11.6. The zero-order valence-corrected chi connectivity index (χ0v) is 11.9. The predicted molar refractivity (Wildman–Crippen MR) is 71.3 cm³/mol. The minimum atomic E-state index is -0.668. The van der Waals surface area contributed by atoms with Gasteiger partial charge >= 0.3 is 5.97 Å². The van der Waals surface area contributed by atoms with Gasteiger partial charge in [-0.1, -0.05) is 0 Å². The fourth-order valence-electron chi connectivity index (χ4n) is 1.69. The summed E-state index contributed by atoms with van der Waals surface area (Å²) >= 11 is 0. The van der Waals surface area contributed by atoms with Gasteiger partial charge in [0.1, 0.15) is 6.04 Å². The van der Waals surface area contributed by atoms with Gasteiger partial charge in [0.2, 0.25) is 5.91 Å². The molecule has 19 heavy (non-hydrogen) atoms. The molecule has 1 heterocycles. The maximum atomic E-state index is 11.6. The summed E-state index contributed by atoms with van der Waals surface area (Å²) in [7, 11) is 3.13. The van der Waals surface area contributed by atoms with E-state index in [0.717, 1.165) is 17.0 Å². The van der Waals surface area contributed by atoms with E-state index in [-0.39, 0.29) is 5.91 Å². The normalized spacial score (nSPS) is 12.5. The molecular formula is C13H19N3O3. The number of ether oxygens (including phenoxy) is 1. The second-order valence-corrected chi connectivity index (χ2v) is 4.29. The van der Waals surface area contributed by atoms with Crippen LogP contribution in [0.1, 0.15) is 23.9 Å². The largest absolute Gasteiger partial charge is 0.467 e. The lowest BCUT2D eigenvalue weighted by molar-refractivity contribution is -0.144. The van der Waals surface area contributed by atoms with E-state index >= 15 is 0 Å². The van der Waals surface area contributed by atoms with Crippen LogP contribution in [-0.4, -0.2) is 34.8 Å². The molecule has 1 unspecified atom stereocenters. The smallest absolute Gasteiger partial charge is 0.328 e. The SMILES string of the molecule is COC(=O)C(C)NC(=O)C=Cc1c(C)nn(C)c1C. The summed E-state index contributed by atoms with van der Waals surface area (Å²) in [6.45, 7) is 5.37. The van der Waals surface area contributed by atoms with Crippen LogP contribution >= 0.6 is 0 Å². The van der Waals surface area contributed by atoms with E-state index in [0.29, 0.717) is 0 Å². The average molecular weight is 265 g/mol. The molecule has 0 spiro atoms. The van der Waals surface area contributed by atoms with Gasteiger partial charge in [0, 0.05) is 24.4 Å². The summed E-state index contributed by atoms with van der Waals surface area (Å²) in [5, 5.41) is 6.77. The molecule has 0 aliphatic rings. The van der Waals surface area contributed by atoms with Crippen molar-refractivity contribution in [3.05, 3.63) is 23.0 Å². The Balaban J connectivity index is 2.71. The van der Waals surface area contributed by atoms with Crippen molar-refractivity contribution in [3.8, 4) is 0 Å². The standard InChI is InChI=1S/C13H19N3O3/c1-8-11(10(3)16(4)15-8)6-7-12(17)14-9(2)13(18)19-5/h6-7,9H,1-5H3,(H,14,17). The predicted octanol–water partition coefficient (Wildman–Crippen LogP) is 0.728. The van der Waals surface area contributed by atoms with Crippen molar-refractivity contribution in [2.24, 2.45) is 7.05 Å².